The van der Waals surface area contributed by atoms with Crippen LogP contribution in [-0.4, -0.2) is 21.4 Å². The Morgan fingerprint density at radius 2 is 1.80 bits per heavy atom. The van der Waals surface area contributed by atoms with Gasteiger partial charge in [-0.15, -0.1) is 0 Å². The molecule has 3 rings (SSSR count). The van der Waals surface area contributed by atoms with Crippen molar-refractivity contribution in [2.24, 2.45) is 0 Å². The second-order valence-corrected chi connectivity index (χ2v) is 6.59. The molecule has 0 aliphatic carbocycles. The van der Waals surface area contributed by atoms with Crippen LogP contribution in [0, 0.1) is 0 Å². The van der Waals surface area contributed by atoms with Crippen molar-refractivity contribution in [2.75, 3.05) is 0 Å². The molecule has 0 bridgehead atoms. The van der Waals surface area contributed by atoms with Gasteiger partial charge in [0, 0.05) is 12.0 Å². The van der Waals surface area contributed by atoms with Crippen molar-refractivity contribution in [1.82, 2.24) is 10.1 Å². The zero-order valence-corrected chi connectivity index (χ0v) is 14.8. The van der Waals surface area contributed by atoms with E-state index in [0.29, 0.717) is 5.89 Å². The Kier molecular flexibility index (Phi) is 6.18. The highest BCUT2D eigenvalue weighted by molar-refractivity contribution is 5.86. The van der Waals surface area contributed by atoms with Gasteiger partial charge in [0.25, 0.3) is 5.89 Å². The molecular weight excluding hydrogens is 312 g/mol. The maximum absolute atomic E-state index is 9.54. The van der Waals surface area contributed by atoms with E-state index in [0.717, 1.165) is 56.3 Å². The molecule has 4 heteroatoms. The van der Waals surface area contributed by atoms with Gasteiger partial charge in [-0.1, -0.05) is 61.7 Å². The minimum atomic E-state index is -0.137. The zero-order valence-electron chi connectivity index (χ0n) is 14.8. The van der Waals surface area contributed by atoms with Gasteiger partial charge in [-0.2, -0.15) is 4.98 Å². The first-order chi connectivity index (χ1) is 12.3. The number of aromatic nitrogens is 2. The van der Waals surface area contributed by atoms with Crippen LogP contribution in [0.2, 0.25) is 0 Å². The van der Waals surface area contributed by atoms with Gasteiger partial charge in [0.15, 0.2) is 5.82 Å². The molecule has 1 aromatic heterocycles. The monoisotopic (exact) mass is 338 g/mol. The summed E-state index contributed by atoms with van der Waals surface area (Å²) in [6, 6.07) is 14.5. The third-order valence-corrected chi connectivity index (χ3v) is 4.62. The predicted molar refractivity (Wildman–Crippen MR) is 100 cm³/mol. The van der Waals surface area contributed by atoms with Crippen molar-refractivity contribution in [3.8, 4) is 11.5 Å². The molecule has 2 aromatic carbocycles. The van der Waals surface area contributed by atoms with Crippen LogP contribution in [0.15, 0.2) is 47.0 Å². The van der Waals surface area contributed by atoms with Crippen LogP contribution in [0.4, 0.5) is 0 Å². The SMILES string of the molecule is CCC(O)CCCCCCc1noc(-c2ccc3ccccc3c2)n1. The molecule has 25 heavy (non-hydrogen) atoms. The van der Waals surface area contributed by atoms with E-state index in [2.05, 4.69) is 34.4 Å². The van der Waals surface area contributed by atoms with Crippen molar-refractivity contribution >= 4 is 10.8 Å². The second-order valence-electron chi connectivity index (χ2n) is 6.59. The molecule has 0 aliphatic rings. The number of hydrogen-bond acceptors (Lipinski definition) is 4. The Morgan fingerprint density at radius 3 is 2.64 bits per heavy atom. The Balaban J connectivity index is 1.50. The van der Waals surface area contributed by atoms with E-state index in [1.807, 2.05) is 25.1 Å². The van der Waals surface area contributed by atoms with Crippen LogP contribution in [0.1, 0.15) is 51.3 Å². The Morgan fingerprint density at radius 1 is 1.00 bits per heavy atom. The molecule has 1 unspecified atom stereocenters. The highest BCUT2D eigenvalue weighted by Crippen LogP contribution is 2.23. The molecule has 3 aromatic rings. The molecule has 4 nitrogen and oxygen atoms in total. The van der Waals surface area contributed by atoms with Gasteiger partial charge >= 0.3 is 0 Å². The number of unbranched alkanes of at least 4 members (excludes halogenated alkanes) is 3. The third-order valence-electron chi connectivity index (χ3n) is 4.62. The number of rotatable bonds is 9. The fraction of sp³-hybridized carbons (Fsp3) is 0.429. The molecule has 0 saturated carbocycles. The Hall–Kier alpha value is -2.20. The summed E-state index contributed by atoms with van der Waals surface area (Å²) in [5.41, 5.74) is 0.964. The van der Waals surface area contributed by atoms with E-state index in [4.69, 9.17) is 4.52 Å². The summed E-state index contributed by atoms with van der Waals surface area (Å²) in [6.07, 6.45) is 6.88. The maximum atomic E-state index is 9.54. The van der Waals surface area contributed by atoms with Gasteiger partial charge in [-0.05, 0) is 42.2 Å². The van der Waals surface area contributed by atoms with Crippen LogP contribution in [0.3, 0.4) is 0 Å². The van der Waals surface area contributed by atoms with Crippen LogP contribution in [0.25, 0.3) is 22.2 Å². The fourth-order valence-corrected chi connectivity index (χ4v) is 3.02. The van der Waals surface area contributed by atoms with Crippen molar-refractivity contribution in [3.05, 3.63) is 48.3 Å². The quantitative estimate of drug-likeness (QED) is 0.548. The number of fused-ring (bicyclic) bond motifs is 1. The van der Waals surface area contributed by atoms with E-state index in [9.17, 15) is 5.11 Å². The third kappa shape index (κ3) is 4.89. The Bertz CT molecular complexity index is 797. The van der Waals surface area contributed by atoms with Crippen molar-refractivity contribution in [2.45, 2.75) is 58.0 Å². The molecule has 0 radical (unpaired) electrons. The molecule has 0 spiro atoms. The molecule has 1 heterocycles. The summed E-state index contributed by atoms with van der Waals surface area (Å²) in [5, 5.41) is 16.0. The van der Waals surface area contributed by atoms with E-state index >= 15 is 0 Å². The van der Waals surface area contributed by atoms with Crippen molar-refractivity contribution in [3.63, 3.8) is 0 Å². The first-order valence-electron chi connectivity index (χ1n) is 9.26. The first kappa shape index (κ1) is 17.6. The molecule has 0 aliphatic heterocycles. The molecule has 1 atom stereocenters. The number of benzene rings is 2. The van der Waals surface area contributed by atoms with Gasteiger partial charge in [0.05, 0.1) is 6.10 Å². The normalized spacial score (nSPS) is 12.6. The van der Waals surface area contributed by atoms with E-state index in [1.54, 1.807) is 0 Å². The molecule has 0 amide bonds. The van der Waals surface area contributed by atoms with E-state index in [1.165, 1.54) is 10.8 Å². The lowest BCUT2D eigenvalue weighted by Crippen LogP contribution is -2.03. The molecule has 0 fully saturated rings. The summed E-state index contributed by atoms with van der Waals surface area (Å²) >= 11 is 0. The van der Waals surface area contributed by atoms with Crippen molar-refractivity contribution < 1.29 is 9.63 Å². The minimum absolute atomic E-state index is 0.137. The fourth-order valence-electron chi connectivity index (χ4n) is 3.02. The number of aryl methyl sites for hydroxylation is 1. The number of aliphatic hydroxyl groups is 1. The minimum Gasteiger partial charge on any atom is -0.393 e. The first-order valence-corrected chi connectivity index (χ1v) is 9.26. The standard InChI is InChI=1S/C21H26N2O2/c1-2-19(24)11-5-3-4-6-12-20-22-21(25-23-20)18-14-13-16-9-7-8-10-17(16)15-18/h7-10,13-15,19,24H,2-6,11-12H2,1H3. The van der Waals surface area contributed by atoms with Gasteiger partial charge in [-0.25, -0.2) is 0 Å². The highest BCUT2D eigenvalue weighted by Gasteiger charge is 2.09. The van der Waals surface area contributed by atoms with Crippen molar-refractivity contribution in [1.29, 1.82) is 0 Å². The lowest BCUT2D eigenvalue weighted by Gasteiger charge is -2.06. The zero-order chi connectivity index (χ0) is 17.5. The molecular formula is C21H26N2O2. The molecule has 0 saturated heterocycles. The number of nitrogens with zero attached hydrogens (tertiary/aromatic N) is 2. The summed E-state index contributed by atoms with van der Waals surface area (Å²) in [6.45, 7) is 2.02. The summed E-state index contributed by atoms with van der Waals surface area (Å²) in [5.74, 6) is 1.36. The van der Waals surface area contributed by atoms with Gasteiger partial charge in [-0.3, -0.25) is 0 Å². The summed E-state index contributed by atoms with van der Waals surface area (Å²) in [4.78, 5) is 4.53. The van der Waals surface area contributed by atoms with Crippen LogP contribution in [-0.2, 0) is 6.42 Å². The predicted octanol–water partition coefficient (Wildman–Crippen LogP) is 5.15. The van der Waals surface area contributed by atoms with Crippen LogP contribution >= 0.6 is 0 Å². The average molecular weight is 338 g/mol. The van der Waals surface area contributed by atoms with Gasteiger partial charge in [0.2, 0.25) is 0 Å². The van der Waals surface area contributed by atoms with Gasteiger partial charge in [0.1, 0.15) is 0 Å². The molecule has 1 N–H and O–H groups in total. The lowest BCUT2D eigenvalue weighted by molar-refractivity contribution is 0.156. The second kappa shape index (κ2) is 8.77. The Labute approximate surface area is 148 Å². The summed E-state index contributed by atoms with van der Waals surface area (Å²) in [7, 11) is 0. The smallest absolute Gasteiger partial charge is 0.257 e. The number of hydrogen-bond donors (Lipinski definition) is 1. The average Bonchev–Trinajstić information content (AvgIpc) is 3.12. The van der Waals surface area contributed by atoms with E-state index in [-0.39, 0.29) is 6.10 Å². The van der Waals surface area contributed by atoms with Crippen LogP contribution in [0.5, 0.6) is 0 Å². The lowest BCUT2D eigenvalue weighted by atomic mass is 10.1. The van der Waals surface area contributed by atoms with E-state index < -0.39 is 0 Å². The maximum Gasteiger partial charge on any atom is 0.257 e. The highest BCUT2D eigenvalue weighted by atomic mass is 16.5. The summed E-state index contributed by atoms with van der Waals surface area (Å²) < 4.78 is 5.43. The molecule has 132 valence electrons. The number of aliphatic hydroxyl groups excluding tert-OH is 1. The topological polar surface area (TPSA) is 59.2 Å². The van der Waals surface area contributed by atoms with Crippen LogP contribution < -0.4 is 0 Å². The largest absolute Gasteiger partial charge is 0.393 e. The van der Waals surface area contributed by atoms with Gasteiger partial charge < -0.3 is 9.63 Å².